The van der Waals surface area contributed by atoms with E-state index in [1.54, 1.807) is 36.4 Å². The first-order valence-electron chi connectivity index (χ1n) is 11.6. The second-order valence-corrected chi connectivity index (χ2v) is 9.46. The minimum Gasteiger partial charge on any atom is -0.487 e. The van der Waals surface area contributed by atoms with Crippen molar-refractivity contribution in [3.8, 4) is 5.75 Å². The lowest BCUT2D eigenvalue weighted by Crippen LogP contribution is -2.36. The minimum absolute atomic E-state index is 0.135. The maximum atomic E-state index is 14.2. The average molecular weight is 516 g/mol. The normalized spacial score (nSPS) is 16.7. The molecule has 37 heavy (non-hydrogen) atoms. The van der Waals surface area contributed by atoms with E-state index in [2.05, 4.69) is 0 Å². The highest BCUT2D eigenvalue weighted by molar-refractivity contribution is 5.83. The molecule has 0 aliphatic carbocycles. The van der Waals surface area contributed by atoms with Crippen LogP contribution in [-0.4, -0.2) is 34.0 Å². The van der Waals surface area contributed by atoms with E-state index >= 15 is 0 Å². The Balaban J connectivity index is 1.47. The van der Waals surface area contributed by atoms with Crippen LogP contribution in [-0.2, 0) is 41.6 Å². The molecule has 1 aliphatic heterocycles. The Morgan fingerprint density at radius 1 is 1.03 bits per heavy atom. The number of hydrogen-bond acceptors (Lipinski definition) is 3. The smallest absolute Gasteiger partial charge is 0.416 e. The van der Waals surface area contributed by atoms with E-state index in [1.165, 1.54) is 18.2 Å². The molecule has 0 saturated carbocycles. The standard InChI is InChI=1S/C28H25F4NO4/c1-27(14-20-6-2-3-8-23(20)29)15-21-11-18(9-10-24(21)37-27)13-25(34)33(17-26(35)36)16-19-5-4-7-22(12-19)28(30,31)32/h2-12H,13-17H2,1H3,(H,35,36)/t27-/m0/s1. The zero-order chi connectivity index (χ0) is 26.8. The largest absolute Gasteiger partial charge is 0.487 e. The highest BCUT2D eigenvalue weighted by Crippen LogP contribution is 2.38. The minimum atomic E-state index is -4.55. The molecule has 1 amide bonds. The van der Waals surface area contributed by atoms with E-state index in [4.69, 9.17) is 4.74 Å². The first-order chi connectivity index (χ1) is 17.4. The lowest BCUT2D eigenvalue weighted by atomic mass is 9.91. The number of ether oxygens (including phenoxy) is 1. The van der Waals surface area contributed by atoms with Crippen LogP contribution < -0.4 is 4.74 Å². The Bertz CT molecular complexity index is 1320. The SMILES string of the molecule is C[C@]1(Cc2ccccc2F)Cc2cc(CC(=O)N(CC(=O)O)Cc3cccc(C(F)(F)F)c3)ccc2O1. The number of amides is 1. The van der Waals surface area contributed by atoms with Crippen molar-refractivity contribution >= 4 is 11.9 Å². The van der Waals surface area contributed by atoms with E-state index in [0.29, 0.717) is 29.7 Å². The Hall–Kier alpha value is -3.88. The van der Waals surface area contributed by atoms with E-state index in [0.717, 1.165) is 22.6 Å². The van der Waals surface area contributed by atoms with Crippen molar-refractivity contribution < 1.29 is 37.0 Å². The number of nitrogens with zero attached hydrogens (tertiary/aromatic N) is 1. The first-order valence-corrected chi connectivity index (χ1v) is 11.6. The maximum Gasteiger partial charge on any atom is 0.416 e. The van der Waals surface area contributed by atoms with Gasteiger partial charge < -0.3 is 14.7 Å². The second kappa shape index (κ2) is 10.2. The van der Waals surface area contributed by atoms with Crippen LogP contribution in [0, 0.1) is 5.82 Å². The molecule has 4 rings (SSSR count). The average Bonchev–Trinajstić information content (AvgIpc) is 3.14. The number of halogens is 4. The molecule has 1 heterocycles. The molecule has 0 radical (unpaired) electrons. The molecule has 0 fully saturated rings. The summed E-state index contributed by atoms with van der Waals surface area (Å²) in [6.07, 6.45) is -3.85. The summed E-state index contributed by atoms with van der Waals surface area (Å²) in [5.41, 5.74) is 0.618. The van der Waals surface area contributed by atoms with Gasteiger partial charge in [0, 0.05) is 19.4 Å². The van der Waals surface area contributed by atoms with Gasteiger partial charge in [-0.2, -0.15) is 13.2 Å². The number of fused-ring (bicyclic) bond motifs is 1. The summed E-state index contributed by atoms with van der Waals surface area (Å²) in [6.45, 7) is 0.960. The molecule has 0 aromatic heterocycles. The number of aliphatic carboxylic acids is 1. The van der Waals surface area contributed by atoms with Crippen LogP contribution in [0.15, 0.2) is 66.7 Å². The van der Waals surface area contributed by atoms with Gasteiger partial charge in [0.1, 0.15) is 23.7 Å². The fourth-order valence-electron chi connectivity index (χ4n) is 4.58. The summed E-state index contributed by atoms with van der Waals surface area (Å²) in [6, 6.07) is 16.2. The molecule has 1 N–H and O–H groups in total. The van der Waals surface area contributed by atoms with Crippen molar-refractivity contribution in [1.29, 1.82) is 0 Å². The topological polar surface area (TPSA) is 66.8 Å². The zero-order valence-electron chi connectivity index (χ0n) is 20.0. The van der Waals surface area contributed by atoms with Gasteiger partial charge in [0.05, 0.1) is 12.0 Å². The number of carboxylic acids is 1. The van der Waals surface area contributed by atoms with E-state index in [9.17, 15) is 32.3 Å². The summed E-state index contributed by atoms with van der Waals surface area (Å²) in [5, 5.41) is 9.27. The van der Waals surface area contributed by atoms with Crippen LogP contribution >= 0.6 is 0 Å². The summed E-state index contributed by atoms with van der Waals surface area (Å²) in [7, 11) is 0. The van der Waals surface area contributed by atoms with Gasteiger partial charge in [-0.25, -0.2) is 4.39 Å². The number of hydrogen-bond donors (Lipinski definition) is 1. The first kappa shape index (κ1) is 26.2. The van der Waals surface area contributed by atoms with Gasteiger partial charge in [-0.05, 0) is 53.4 Å². The lowest BCUT2D eigenvalue weighted by Gasteiger charge is -2.24. The van der Waals surface area contributed by atoms with Gasteiger partial charge in [-0.1, -0.05) is 42.5 Å². The van der Waals surface area contributed by atoms with Crippen LogP contribution in [0.25, 0.3) is 0 Å². The number of carbonyl (C=O) groups excluding carboxylic acids is 1. The number of carbonyl (C=O) groups is 2. The van der Waals surface area contributed by atoms with Gasteiger partial charge in [0.2, 0.25) is 5.91 Å². The predicted octanol–water partition coefficient (Wildman–Crippen LogP) is 5.44. The summed E-state index contributed by atoms with van der Waals surface area (Å²) < 4.78 is 59.4. The predicted molar refractivity (Wildman–Crippen MR) is 127 cm³/mol. The van der Waals surface area contributed by atoms with E-state index in [1.807, 2.05) is 6.92 Å². The Kier molecular flexibility index (Phi) is 7.25. The van der Waals surface area contributed by atoms with Gasteiger partial charge in [-0.3, -0.25) is 9.59 Å². The molecule has 5 nitrogen and oxygen atoms in total. The molecule has 3 aromatic rings. The lowest BCUT2D eigenvalue weighted by molar-refractivity contribution is -0.144. The molecule has 1 aliphatic rings. The highest BCUT2D eigenvalue weighted by atomic mass is 19.4. The fourth-order valence-corrected chi connectivity index (χ4v) is 4.58. The van der Waals surface area contributed by atoms with E-state index < -0.39 is 35.8 Å². The maximum absolute atomic E-state index is 14.2. The van der Waals surface area contributed by atoms with Crippen LogP contribution in [0.1, 0.15) is 34.7 Å². The van der Waals surface area contributed by atoms with Crippen LogP contribution in [0.3, 0.4) is 0 Å². The Morgan fingerprint density at radius 3 is 2.49 bits per heavy atom. The van der Waals surface area contributed by atoms with Crippen molar-refractivity contribution in [2.24, 2.45) is 0 Å². The van der Waals surface area contributed by atoms with Gasteiger partial charge in [0.25, 0.3) is 0 Å². The zero-order valence-corrected chi connectivity index (χ0v) is 20.0. The number of alkyl halides is 3. The molecule has 0 unspecified atom stereocenters. The molecule has 3 aromatic carbocycles. The van der Waals surface area contributed by atoms with Crippen molar-refractivity contribution in [3.63, 3.8) is 0 Å². The van der Waals surface area contributed by atoms with Gasteiger partial charge >= 0.3 is 12.1 Å². The van der Waals surface area contributed by atoms with Crippen molar-refractivity contribution in [2.75, 3.05) is 6.54 Å². The third kappa shape index (κ3) is 6.47. The molecule has 0 spiro atoms. The molecule has 194 valence electrons. The third-order valence-corrected chi connectivity index (χ3v) is 6.23. The number of benzene rings is 3. The van der Waals surface area contributed by atoms with Gasteiger partial charge in [-0.15, -0.1) is 0 Å². The van der Waals surface area contributed by atoms with Crippen molar-refractivity contribution in [1.82, 2.24) is 4.90 Å². The van der Waals surface area contributed by atoms with Crippen LogP contribution in [0.4, 0.5) is 17.6 Å². The monoisotopic (exact) mass is 515 g/mol. The molecule has 0 bridgehead atoms. The third-order valence-electron chi connectivity index (χ3n) is 6.23. The van der Waals surface area contributed by atoms with Crippen LogP contribution in [0.2, 0.25) is 0 Å². The Labute approximate surface area is 211 Å². The highest BCUT2D eigenvalue weighted by Gasteiger charge is 2.36. The molecule has 0 saturated heterocycles. The van der Waals surface area contributed by atoms with Crippen LogP contribution in [0.5, 0.6) is 5.75 Å². The quantitative estimate of drug-likeness (QED) is 0.406. The molecule has 1 atom stereocenters. The summed E-state index contributed by atoms with van der Waals surface area (Å²) >= 11 is 0. The van der Waals surface area contributed by atoms with Gasteiger partial charge in [0.15, 0.2) is 0 Å². The summed E-state index contributed by atoms with van der Waals surface area (Å²) in [4.78, 5) is 25.4. The molecular weight excluding hydrogens is 490 g/mol. The summed E-state index contributed by atoms with van der Waals surface area (Å²) in [5.74, 6) is -1.49. The van der Waals surface area contributed by atoms with Crippen molar-refractivity contribution in [3.05, 3.63) is 100 Å². The number of rotatable bonds is 8. The fraction of sp³-hybridized carbons (Fsp3) is 0.286. The Morgan fingerprint density at radius 2 is 1.78 bits per heavy atom. The van der Waals surface area contributed by atoms with E-state index in [-0.39, 0.29) is 24.3 Å². The molecular formula is C28H25F4NO4. The second-order valence-electron chi connectivity index (χ2n) is 9.46. The number of carboxylic acid groups (broad SMARTS) is 1. The molecule has 9 heteroatoms. The van der Waals surface area contributed by atoms with Crippen molar-refractivity contribution in [2.45, 2.75) is 44.5 Å².